The summed E-state index contributed by atoms with van der Waals surface area (Å²) in [4.78, 5) is 37.2. The standard InChI is InChI=1S/C18H23FN2O4/c1-21(18(17(24)25)8-3-2-4-9-18)16(23)12-20-15(22)11-13-6-5-7-14(19)10-13/h5-7,10H,2-4,8-9,11-12H2,1H3,(H,20,22)(H,24,25). The first kappa shape index (κ1) is 18.9. The largest absolute Gasteiger partial charge is 0.479 e. The van der Waals surface area contributed by atoms with E-state index in [4.69, 9.17) is 0 Å². The van der Waals surface area contributed by atoms with Gasteiger partial charge in [0.25, 0.3) is 0 Å². The van der Waals surface area contributed by atoms with Crippen LogP contribution in [0.1, 0.15) is 37.7 Å². The number of halogens is 1. The number of amides is 2. The van der Waals surface area contributed by atoms with Crippen LogP contribution in [0.25, 0.3) is 0 Å². The molecule has 2 amide bonds. The summed E-state index contributed by atoms with van der Waals surface area (Å²) in [5.41, 5.74) is -0.685. The summed E-state index contributed by atoms with van der Waals surface area (Å²) < 4.78 is 13.1. The molecule has 25 heavy (non-hydrogen) atoms. The number of rotatable bonds is 6. The molecule has 0 spiro atoms. The van der Waals surface area contributed by atoms with Crippen molar-refractivity contribution in [1.82, 2.24) is 10.2 Å². The maximum Gasteiger partial charge on any atom is 0.329 e. The molecule has 2 N–H and O–H groups in total. The van der Waals surface area contributed by atoms with Crippen molar-refractivity contribution >= 4 is 17.8 Å². The predicted molar refractivity (Wildman–Crippen MR) is 89.3 cm³/mol. The van der Waals surface area contributed by atoms with E-state index < -0.39 is 29.1 Å². The van der Waals surface area contributed by atoms with Crippen LogP contribution in [-0.4, -0.2) is 46.9 Å². The van der Waals surface area contributed by atoms with Gasteiger partial charge in [0, 0.05) is 7.05 Å². The lowest BCUT2D eigenvalue weighted by Gasteiger charge is -2.41. The lowest BCUT2D eigenvalue weighted by Crippen LogP contribution is -2.58. The number of carbonyl (C=O) groups excluding carboxylic acids is 2. The molecule has 0 saturated heterocycles. The van der Waals surface area contributed by atoms with E-state index in [-0.39, 0.29) is 13.0 Å². The first-order valence-corrected chi connectivity index (χ1v) is 8.36. The Kier molecular flexibility index (Phi) is 6.12. The van der Waals surface area contributed by atoms with E-state index in [2.05, 4.69) is 5.32 Å². The number of nitrogens with one attached hydrogen (secondary N) is 1. The second kappa shape index (κ2) is 8.09. The summed E-state index contributed by atoms with van der Waals surface area (Å²) in [6.45, 7) is -0.278. The zero-order valence-electron chi connectivity index (χ0n) is 14.3. The Morgan fingerprint density at radius 2 is 1.92 bits per heavy atom. The summed E-state index contributed by atoms with van der Waals surface area (Å²) in [6, 6.07) is 5.68. The summed E-state index contributed by atoms with van der Waals surface area (Å²) in [5, 5.41) is 12.1. The lowest BCUT2D eigenvalue weighted by molar-refractivity contribution is -0.160. The van der Waals surface area contributed by atoms with Crippen LogP contribution in [0, 0.1) is 5.82 Å². The molecule has 0 aromatic heterocycles. The summed E-state index contributed by atoms with van der Waals surface area (Å²) >= 11 is 0. The molecule has 0 unspecified atom stereocenters. The number of carboxylic acids is 1. The molecule has 0 aliphatic heterocycles. The van der Waals surface area contributed by atoms with Gasteiger partial charge in [-0.15, -0.1) is 0 Å². The van der Waals surface area contributed by atoms with Crippen LogP contribution in [0.4, 0.5) is 4.39 Å². The molecule has 1 aliphatic rings. The van der Waals surface area contributed by atoms with Crippen LogP contribution >= 0.6 is 0 Å². The van der Waals surface area contributed by atoms with Crippen LogP contribution in [0.5, 0.6) is 0 Å². The molecule has 7 heteroatoms. The highest BCUT2D eigenvalue weighted by Gasteiger charge is 2.45. The number of benzene rings is 1. The predicted octanol–water partition coefficient (Wildman–Crippen LogP) is 1.73. The summed E-state index contributed by atoms with van der Waals surface area (Å²) in [5.74, 6) is -2.30. The highest BCUT2D eigenvalue weighted by Crippen LogP contribution is 2.33. The number of likely N-dealkylation sites (N-methyl/N-ethyl adjacent to an activating group) is 1. The van der Waals surface area contributed by atoms with Crippen LogP contribution in [0.15, 0.2) is 24.3 Å². The SMILES string of the molecule is CN(C(=O)CNC(=O)Cc1cccc(F)c1)C1(C(=O)O)CCCCC1. The molecule has 1 aliphatic carbocycles. The average molecular weight is 350 g/mol. The Balaban J connectivity index is 1.92. The Hall–Kier alpha value is -2.44. The van der Waals surface area contributed by atoms with E-state index >= 15 is 0 Å². The molecular weight excluding hydrogens is 327 g/mol. The van der Waals surface area contributed by atoms with Gasteiger partial charge in [-0.2, -0.15) is 0 Å². The Labute approximate surface area is 146 Å². The zero-order valence-corrected chi connectivity index (χ0v) is 14.3. The number of aliphatic carboxylic acids is 1. The third kappa shape index (κ3) is 4.55. The smallest absolute Gasteiger partial charge is 0.329 e. The van der Waals surface area contributed by atoms with Gasteiger partial charge < -0.3 is 15.3 Å². The van der Waals surface area contributed by atoms with Crippen LogP contribution in [0.2, 0.25) is 0 Å². The van der Waals surface area contributed by atoms with Gasteiger partial charge in [-0.1, -0.05) is 31.4 Å². The van der Waals surface area contributed by atoms with Crippen molar-refractivity contribution in [2.75, 3.05) is 13.6 Å². The molecule has 1 fully saturated rings. The van der Waals surface area contributed by atoms with Crippen molar-refractivity contribution in [3.63, 3.8) is 0 Å². The number of carbonyl (C=O) groups is 3. The zero-order chi connectivity index (χ0) is 18.4. The minimum atomic E-state index is -1.19. The molecule has 1 saturated carbocycles. The first-order chi connectivity index (χ1) is 11.8. The lowest BCUT2D eigenvalue weighted by atomic mass is 9.80. The van der Waals surface area contributed by atoms with Gasteiger partial charge >= 0.3 is 5.97 Å². The maximum absolute atomic E-state index is 13.1. The van der Waals surface area contributed by atoms with E-state index in [1.807, 2.05) is 0 Å². The van der Waals surface area contributed by atoms with Crippen LogP contribution in [-0.2, 0) is 20.8 Å². The fraction of sp³-hybridized carbons (Fsp3) is 0.500. The molecule has 0 atom stereocenters. The second-order valence-electron chi connectivity index (χ2n) is 6.43. The fourth-order valence-corrected chi connectivity index (χ4v) is 3.26. The van der Waals surface area contributed by atoms with Crippen molar-refractivity contribution in [1.29, 1.82) is 0 Å². The minimum Gasteiger partial charge on any atom is -0.479 e. The highest BCUT2D eigenvalue weighted by molar-refractivity contribution is 5.90. The van der Waals surface area contributed by atoms with Gasteiger partial charge in [-0.25, -0.2) is 9.18 Å². The van der Waals surface area contributed by atoms with Crippen molar-refractivity contribution in [3.8, 4) is 0 Å². The van der Waals surface area contributed by atoms with Crippen molar-refractivity contribution in [2.24, 2.45) is 0 Å². The minimum absolute atomic E-state index is 0.0428. The molecule has 1 aromatic rings. The normalized spacial score (nSPS) is 16.1. The third-order valence-electron chi connectivity index (χ3n) is 4.79. The molecule has 2 rings (SSSR count). The van der Waals surface area contributed by atoms with Crippen molar-refractivity contribution in [2.45, 2.75) is 44.1 Å². The van der Waals surface area contributed by atoms with Crippen molar-refractivity contribution < 1.29 is 23.9 Å². The van der Waals surface area contributed by atoms with Crippen molar-refractivity contribution in [3.05, 3.63) is 35.6 Å². The maximum atomic E-state index is 13.1. The van der Waals surface area contributed by atoms with Gasteiger partial charge in [0.15, 0.2) is 0 Å². The average Bonchev–Trinajstić information content (AvgIpc) is 2.59. The van der Waals surface area contributed by atoms with Gasteiger partial charge in [0.1, 0.15) is 11.4 Å². The fourth-order valence-electron chi connectivity index (χ4n) is 3.26. The number of carboxylic acid groups (broad SMARTS) is 1. The number of nitrogens with zero attached hydrogens (tertiary/aromatic N) is 1. The molecule has 0 bridgehead atoms. The van der Waals surface area contributed by atoms with E-state index in [9.17, 15) is 23.9 Å². The van der Waals surface area contributed by atoms with Gasteiger partial charge in [0.05, 0.1) is 13.0 Å². The van der Waals surface area contributed by atoms with E-state index in [0.717, 1.165) is 19.3 Å². The molecule has 6 nitrogen and oxygen atoms in total. The topological polar surface area (TPSA) is 86.7 Å². The molecular formula is C18H23FN2O4. The highest BCUT2D eigenvalue weighted by atomic mass is 19.1. The quantitative estimate of drug-likeness (QED) is 0.818. The summed E-state index contributed by atoms with van der Waals surface area (Å²) in [6.07, 6.45) is 3.27. The van der Waals surface area contributed by atoms with E-state index in [1.54, 1.807) is 6.07 Å². The number of hydrogen-bond donors (Lipinski definition) is 2. The second-order valence-corrected chi connectivity index (χ2v) is 6.43. The number of hydrogen-bond acceptors (Lipinski definition) is 3. The molecule has 1 aromatic carbocycles. The molecule has 0 heterocycles. The van der Waals surface area contributed by atoms with Gasteiger partial charge in [0.2, 0.25) is 11.8 Å². The monoisotopic (exact) mass is 350 g/mol. The van der Waals surface area contributed by atoms with Gasteiger partial charge in [-0.05, 0) is 30.5 Å². The molecule has 0 radical (unpaired) electrons. The summed E-state index contributed by atoms with van der Waals surface area (Å²) in [7, 11) is 1.47. The van der Waals surface area contributed by atoms with Crippen LogP contribution in [0.3, 0.4) is 0 Å². The Bertz CT molecular complexity index is 656. The van der Waals surface area contributed by atoms with E-state index in [0.29, 0.717) is 18.4 Å². The Morgan fingerprint density at radius 1 is 1.24 bits per heavy atom. The van der Waals surface area contributed by atoms with Crippen LogP contribution < -0.4 is 5.32 Å². The van der Waals surface area contributed by atoms with Gasteiger partial charge in [-0.3, -0.25) is 9.59 Å². The first-order valence-electron chi connectivity index (χ1n) is 8.36. The third-order valence-corrected chi connectivity index (χ3v) is 4.79. The molecule has 136 valence electrons. The Morgan fingerprint density at radius 3 is 2.52 bits per heavy atom. The van der Waals surface area contributed by atoms with E-state index in [1.165, 1.54) is 30.1 Å².